The average molecular weight is 215 g/mol. The Morgan fingerprint density at radius 3 is 2.93 bits per heavy atom. The van der Waals surface area contributed by atoms with Crippen LogP contribution in [0.4, 0.5) is 0 Å². The van der Waals surface area contributed by atoms with Crippen molar-refractivity contribution in [3.63, 3.8) is 0 Å². The molecule has 0 bridgehead atoms. The largest absolute Gasteiger partial charge is 0.468 e. The van der Waals surface area contributed by atoms with Crippen LogP contribution in [0.3, 0.4) is 0 Å². The van der Waals surface area contributed by atoms with Crippen molar-refractivity contribution in [2.45, 2.75) is 44.8 Å². The topological polar surface area (TPSA) is 49.8 Å². The first-order valence-electron chi connectivity index (χ1n) is 5.65. The summed E-state index contributed by atoms with van der Waals surface area (Å²) in [7, 11) is 1.43. The molecule has 0 saturated carbocycles. The van der Waals surface area contributed by atoms with E-state index in [1.54, 1.807) is 6.92 Å². The van der Waals surface area contributed by atoms with Crippen molar-refractivity contribution in [3.05, 3.63) is 0 Å². The molecule has 0 amide bonds. The summed E-state index contributed by atoms with van der Waals surface area (Å²) < 4.78 is 4.78. The summed E-state index contributed by atoms with van der Waals surface area (Å²) >= 11 is 0. The molecular weight excluding hydrogens is 194 g/mol. The van der Waals surface area contributed by atoms with Gasteiger partial charge in [0.15, 0.2) is 0 Å². The molecule has 1 heterocycles. The van der Waals surface area contributed by atoms with E-state index in [0.29, 0.717) is 6.42 Å². The van der Waals surface area contributed by atoms with E-state index < -0.39 is 0 Å². The minimum absolute atomic E-state index is 0.0949. The fraction of sp³-hybridized carbons (Fsp3) is 0.909. The van der Waals surface area contributed by atoms with Gasteiger partial charge in [-0.15, -0.1) is 0 Å². The third-order valence-electron chi connectivity index (χ3n) is 2.92. The molecule has 15 heavy (non-hydrogen) atoms. The molecule has 0 radical (unpaired) electrons. The third-order valence-corrected chi connectivity index (χ3v) is 2.92. The summed E-state index contributed by atoms with van der Waals surface area (Å²) in [4.78, 5) is 13.6. The number of hydrogen-bond donors (Lipinski definition) is 1. The van der Waals surface area contributed by atoms with Crippen molar-refractivity contribution in [1.29, 1.82) is 0 Å². The van der Waals surface area contributed by atoms with E-state index in [4.69, 9.17) is 4.74 Å². The van der Waals surface area contributed by atoms with Crippen molar-refractivity contribution in [1.82, 2.24) is 4.90 Å². The van der Waals surface area contributed by atoms with E-state index >= 15 is 0 Å². The number of likely N-dealkylation sites (tertiary alicyclic amines) is 1. The number of ether oxygens (including phenoxy) is 1. The number of piperidine rings is 1. The summed E-state index contributed by atoms with van der Waals surface area (Å²) in [6, 6.07) is -0.0949. The molecule has 1 aliphatic heterocycles. The number of carbonyl (C=O) groups is 1. The summed E-state index contributed by atoms with van der Waals surface area (Å²) in [6.07, 6.45) is 3.52. The fourth-order valence-corrected chi connectivity index (χ4v) is 2.01. The zero-order valence-corrected chi connectivity index (χ0v) is 9.61. The minimum atomic E-state index is -0.301. The van der Waals surface area contributed by atoms with Crippen molar-refractivity contribution >= 4 is 5.97 Å². The van der Waals surface area contributed by atoms with Gasteiger partial charge >= 0.3 is 5.97 Å². The molecule has 1 aliphatic rings. The zero-order chi connectivity index (χ0) is 11.3. The van der Waals surface area contributed by atoms with E-state index in [2.05, 4.69) is 4.90 Å². The van der Waals surface area contributed by atoms with Gasteiger partial charge in [0.1, 0.15) is 6.04 Å². The zero-order valence-electron chi connectivity index (χ0n) is 9.61. The van der Waals surface area contributed by atoms with Crippen molar-refractivity contribution in [2.75, 3.05) is 20.2 Å². The van der Waals surface area contributed by atoms with Gasteiger partial charge in [-0.3, -0.25) is 9.69 Å². The highest BCUT2D eigenvalue weighted by atomic mass is 16.5. The molecule has 1 saturated heterocycles. The lowest BCUT2D eigenvalue weighted by Gasteiger charge is -2.33. The fourth-order valence-electron chi connectivity index (χ4n) is 2.01. The molecule has 2 atom stereocenters. The van der Waals surface area contributed by atoms with Gasteiger partial charge in [0.2, 0.25) is 0 Å². The number of nitrogens with zero attached hydrogens (tertiary/aromatic N) is 1. The van der Waals surface area contributed by atoms with Crippen LogP contribution in [0.5, 0.6) is 0 Å². The Kier molecular flexibility index (Phi) is 5.05. The van der Waals surface area contributed by atoms with Crippen LogP contribution in [0.2, 0.25) is 0 Å². The summed E-state index contributed by atoms with van der Waals surface area (Å²) in [5, 5.41) is 9.22. The Morgan fingerprint density at radius 2 is 2.33 bits per heavy atom. The van der Waals surface area contributed by atoms with Crippen molar-refractivity contribution in [2.24, 2.45) is 0 Å². The van der Waals surface area contributed by atoms with Gasteiger partial charge in [-0.05, 0) is 32.7 Å². The number of carbonyl (C=O) groups excluding carboxylic acids is 1. The van der Waals surface area contributed by atoms with Gasteiger partial charge in [-0.1, -0.05) is 6.42 Å². The standard InChI is InChI=1S/C11H21NO3/c1-9(13)6-8-12-7-4-3-5-10(12)11(14)15-2/h9-10,13H,3-8H2,1-2H3. The maximum Gasteiger partial charge on any atom is 0.323 e. The molecular formula is C11H21NO3. The lowest BCUT2D eigenvalue weighted by molar-refractivity contribution is -0.148. The molecule has 1 rings (SSSR count). The maximum absolute atomic E-state index is 11.5. The van der Waals surface area contributed by atoms with E-state index in [1.807, 2.05) is 0 Å². The minimum Gasteiger partial charge on any atom is -0.468 e. The van der Waals surface area contributed by atoms with Crippen molar-refractivity contribution < 1.29 is 14.6 Å². The van der Waals surface area contributed by atoms with Crippen LogP contribution in [0.1, 0.15) is 32.6 Å². The summed E-state index contributed by atoms with van der Waals surface area (Å²) in [5.74, 6) is -0.139. The van der Waals surface area contributed by atoms with Crippen LogP contribution in [0.25, 0.3) is 0 Å². The molecule has 0 spiro atoms. The van der Waals surface area contributed by atoms with Crippen LogP contribution < -0.4 is 0 Å². The van der Waals surface area contributed by atoms with Gasteiger partial charge in [0, 0.05) is 6.54 Å². The van der Waals surface area contributed by atoms with E-state index in [1.165, 1.54) is 7.11 Å². The molecule has 0 aromatic carbocycles. The molecule has 0 aromatic rings. The molecule has 4 nitrogen and oxygen atoms in total. The SMILES string of the molecule is COC(=O)C1CCCCN1CCC(C)O. The first-order valence-corrected chi connectivity index (χ1v) is 5.65. The Bertz CT molecular complexity index is 206. The van der Waals surface area contributed by atoms with Crippen LogP contribution in [-0.2, 0) is 9.53 Å². The van der Waals surface area contributed by atoms with Crippen LogP contribution in [0, 0.1) is 0 Å². The Balaban J connectivity index is 2.46. The average Bonchev–Trinajstić information content (AvgIpc) is 2.25. The van der Waals surface area contributed by atoms with Gasteiger partial charge < -0.3 is 9.84 Å². The maximum atomic E-state index is 11.5. The van der Waals surface area contributed by atoms with Gasteiger partial charge in [0.05, 0.1) is 13.2 Å². The van der Waals surface area contributed by atoms with Crippen LogP contribution >= 0.6 is 0 Å². The second kappa shape index (κ2) is 6.08. The van der Waals surface area contributed by atoms with Gasteiger partial charge in [-0.25, -0.2) is 0 Å². The predicted octanol–water partition coefficient (Wildman–Crippen LogP) is 0.785. The third kappa shape index (κ3) is 3.80. The first-order chi connectivity index (χ1) is 7.15. The second-order valence-corrected chi connectivity index (χ2v) is 4.21. The molecule has 1 fully saturated rings. The van der Waals surface area contributed by atoms with Crippen molar-refractivity contribution in [3.8, 4) is 0 Å². The molecule has 0 aliphatic carbocycles. The number of aliphatic hydroxyl groups excluding tert-OH is 1. The number of hydrogen-bond acceptors (Lipinski definition) is 4. The first kappa shape index (κ1) is 12.5. The van der Waals surface area contributed by atoms with Crippen LogP contribution in [0.15, 0.2) is 0 Å². The summed E-state index contributed by atoms with van der Waals surface area (Å²) in [5.41, 5.74) is 0. The van der Waals surface area contributed by atoms with Crippen LogP contribution in [-0.4, -0.2) is 48.3 Å². The number of rotatable bonds is 4. The highest BCUT2D eigenvalue weighted by Crippen LogP contribution is 2.18. The van der Waals surface area contributed by atoms with E-state index in [-0.39, 0.29) is 18.1 Å². The highest BCUT2D eigenvalue weighted by Gasteiger charge is 2.28. The number of methoxy groups -OCH3 is 1. The smallest absolute Gasteiger partial charge is 0.323 e. The second-order valence-electron chi connectivity index (χ2n) is 4.21. The normalized spacial score (nSPS) is 24.9. The molecule has 1 N–H and O–H groups in total. The molecule has 88 valence electrons. The predicted molar refractivity (Wildman–Crippen MR) is 57.5 cm³/mol. The Morgan fingerprint density at radius 1 is 1.60 bits per heavy atom. The number of aliphatic hydroxyl groups is 1. The van der Waals surface area contributed by atoms with E-state index in [0.717, 1.165) is 32.4 Å². The monoisotopic (exact) mass is 215 g/mol. The molecule has 4 heteroatoms. The Hall–Kier alpha value is -0.610. The number of esters is 1. The van der Waals surface area contributed by atoms with Gasteiger partial charge in [0.25, 0.3) is 0 Å². The lowest BCUT2D eigenvalue weighted by atomic mass is 10.0. The molecule has 0 aromatic heterocycles. The summed E-state index contributed by atoms with van der Waals surface area (Å²) in [6.45, 7) is 3.49. The highest BCUT2D eigenvalue weighted by molar-refractivity contribution is 5.75. The quantitative estimate of drug-likeness (QED) is 0.704. The van der Waals surface area contributed by atoms with E-state index in [9.17, 15) is 9.90 Å². The molecule has 2 unspecified atom stereocenters. The Labute approximate surface area is 91.2 Å². The lowest BCUT2D eigenvalue weighted by Crippen LogP contribution is -2.46. The van der Waals surface area contributed by atoms with Gasteiger partial charge in [-0.2, -0.15) is 0 Å².